The summed E-state index contributed by atoms with van der Waals surface area (Å²) in [7, 11) is 0. The van der Waals surface area contributed by atoms with Crippen LogP contribution in [0.15, 0.2) is 71.6 Å². The second-order valence-electron chi connectivity index (χ2n) is 7.40. The first-order chi connectivity index (χ1) is 14.5. The average Bonchev–Trinajstić information content (AvgIpc) is 2.74. The fourth-order valence-corrected chi connectivity index (χ4v) is 4.40. The van der Waals surface area contributed by atoms with Crippen LogP contribution in [0, 0.1) is 0 Å². The molecule has 2 N–H and O–H groups in total. The SMILES string of the molecule is O=C(O)CCC[C@@H](O)[C@H](C=CCCCCCc1ccccc1)Sc1ccc(Cl)cc1. The largest absolute Gasteiger partial charge is 0.481 e. The lowest BCUT2D eigenvalue weighted by atomic mass is 10.1. The van der Waals surface area contributed by atoms with E-state index in [1.165, 1.54) is 18.4 Å². The molecule has 0 aliphatic rings. The Kier molecular flexibility index (Phi) is 11.7. The van der Waals surface area contributed by atoms with Gasteiger partial charge in [0, 0.05) is 16.3 Å². The number of unbranched alkanes of at least 4 members (excludes halogenated alkanes) is 3. The number of hydrogen-bond donors (Lipinski definition) is 2. The minimum atomic E-state index is -0.824. The van der Waals surface area contributed by atoms with Gasteiger partial charge in [-0.3, -0.25) is 4.79 Å². The highest BCUT2D eigenvalue weighted by Gasteiger charge is 2.18. The van der Waals surface area contributed by atoms with Crippen LogP contribution in [-0.2, 0) is 11.2 Å². The number of halogens is 1. The van der Waals surface area contributed by atoms with Crippen LogP contribution < -0.4 is 0 Å². The smallest absolute Gasteiger partial charge is 0.303 e. The molecular formula is C25H31ClO3S. The van der Waals surface area contributed by atoms with Crippen LogP contribution in [0.25, 0.3) is 0 Å². The molecule has 0 saturated heterocycles. The Morgan fingerprint density at radius 1 is 1.00 bits per heavy atom. The number of aryl methyl sites for hydroxylation is 1. The molecule has 2 aromatic rings. The van der Waals surface area contributed by atoms with Crippen molar-refractivity contribution in [1.82, 2.24) is 0 Å². The van der Waals surface area contributed by atoms with Gasteiger partial charge in [-0.2, -0.15) is 0 Å². The maximum atomic E-state index is 10.7. The average molecular weight is 447 g/mol. The number of aliphatic carboxylic acids is 1. The molecule has 5 heteroatoms. The Balaban J connectivity index is 1.79. The summed E-state index contributed by atoms with van der Waals surface area (Å²) in [4.78, 5) is 11.8. The van der Waals surface area contributed by atoms with Gasteiger partial charge in [0.1, 0.15) is 0 Å². The molecular weight excluding hydrogens is 416 g/mol. The molecule has 0 aromatic heterocycles. The van der Waals surface area contributed by atoms with Crippen LogP contribution in [0.5, 0.6) is 0 Å². The predicted molar refractivity (Wildman–Crippen MR) is 126 cm³/mol. The molecule has 0 spiro atoms. The second-order valence-corrected chi connectivity index (χ2v) is 9.09. The molecule has 2 atom stereocenters. The van der Waals surface area contributed by atoms with Gasteiger partial charge in [0.2, 0.25) is 0 Å². The van der Waals surface area contributed by atoms with Gasteiger partial charge in [0.15, 0.2) is 0 Å². The lowest BCUT2D eigenvalue weighted by molar-refractivity contribution is -0.137. The number of benzene rings is 2. The van der Waals surface area contributed by atoms with Gasteiger partial charge in [-0.1, -0.05) is 60.5 Å². The standard InChI is InChI=1S/C25H31ClO3S/c26-21-16-18-22(19-17-21)30-24(23(27)13-9-15-25(28)29)14-8-3-1-2-5-10-20-11-6-4-7-12-20/h4,6-8,11-12,14,16-19,23-24,27H,1-3,5,9-10,13,15H2,(H,28,29)/t23-,24+/m1/s1. The molecule has 0 aliphatic carbocycles. The summed E-state index contributed by atoms with van der Waals surface area (Å²) in [6, 6.07) is 18.1. The van der Waals surface area contributed by atoms with E-state index in [0.29, 0.717) is 17.9 Å². The molecule has 0 aliphatic heterocycles. The Morgan fingerprint density at radius 3 is 2.43 bits per heavy atom. The summed E-state index contributed by atoms with van der Waals surface area (Å²) in [6.07, 6.45) is 10.2. The highest BCUT2D eigenvalue weighted by molar-refractivity contribution is 8.00. The van der Waals surface area contributed by atoms with E-state index in [0.717, 1.165) is 24.2 Å². The summed E-state index contributed by atoms with van der Waals surface area (Å²) >= 11 is 7.55. The van der Waals surface area contributed by atoms with Crippen molar-refractivity contribution >= 4 is 29.3 Å². The second kappa shape index (κ2) is 14.3. The molecule has 0 unspecified atom stereocenters. The lowest BCUT2D eigenvalue weighted by Gasteiger charge is -2.19. The number of carboxylic acids is 1. The van der Waals surface area contributed by atoms with Crippen LogP contribution in [0.1, 0.15) is 50.5 Å². The molecule has 0 saturated carbocycles. The van der Waals surface area contributed by atoms with Crippen molar-refractivity contribution in [2.24, 2.45) is 0 Å². The fraction of sp³-hybridized carbons (Fsp3) is 0.400. The lowest BCUT2D eigenvalue weighted by Crippen LogP contribution is -2.21. The van der Waals surface area contributed by atoms with Crippen molar-refractivity contribution in [3.05, 3.63) is 77.3 Å². The van der Waals surface area contributed by atoms with Crippen molar-refractivity contribution in [2.75, 3.05) is 0 Å². The number of carbonyl (C=O) groups is 1. The van der Waals surface area contributed by atoms with E-state index in [1.54, 1.807) is 11.8 Å². The van der Waals surface area contributed by atoms with E-state index in [4.69, 9.17) is 16.7 Å². The maximum absolute atomic E-state index is 10.7. The van der Waals surface area contributed by atoms with E-state index < -0.39 is 12.1 Å². The van der Waals surface area contributed by atoms with E-state index in [9.17, 15) is 9.90 Å². The number of carboxylic acid groups (broad SMARTS) is 1. The number of thioether (sulfide) groups is 1. The van der Waals surface area contributed by atoms with Crippen LogP contribution in [0.3, 0.4) is 0 Å². The first kappa shape index (κ1) is 24.5. The number of aliphatic hydroxyl groups is 1. The Morgan fingerprint density at radius 2 is 1.73 bits per heavy atom. The zero-order valence-electron chi connectivity index (χ0n) is 17.3. The fourth-order valence-electron chi connectivity index (χ4n) is 3.19. The quantitative estimate of drug-likeness (QED) is 0.191. The Bertz CT molecular complexity index is 762. The van der Waals surface area contributed by atoms with Crippen molar-refractivity contribution in [2.45, 2.75) is 67.6 Å². The van der Waals surface area contributed by atoms with Gasteiger partial charge >= 0.3 is 5.97 Å². The highest BCUT2D eigenvalue weighted by atomic mass is 35.5. The summed E-state index contributed by atoms with van der Waals surface area (Å²) in [6.45, 7) is 0. The number of allylic oxidation sites excluding steroid dienone is 1. The first-order valence-corrected chi connectivity index (χ1v) is 11.8. The highest BCUT2D eigenvalue weighted by Crippen LogP contribution is 2.29. The molecule has 0 heterocycles. The minimum absolute atomic E-state index is 0.0838. The van der Waals surface area contributed by atoms with Crippen LogP contribution >= 0.6 is 23.4 Å². The van der Waals surface area contributed by atoms with E-state index >= 15 is 0 Å². The maximum Gasteiger partial charge on any atom is 0.303 e. The van der Waals surface area contributed by atoms with Crippen molar-refractivity contribution in [1.29, 1.82) is 0 Å². The molecule has 0 radical (unpaired) electrons. The van der Waals surface area contributed by atoms with Crippen LogP contribution in [0.4, 0.5) is 0 Å². The van der Waals surface area contributed by atoms with Gasteiger partial charge < -0.3 is 10.2 Å². The third kappa shape index (κ3) is 10.3. The summed E-state index contributed by atoms with van der Waals surface area (Å²) < 4.78 is 0. The third-order valence-corrected chi connectivity index (χ3v) is 6.40. The first-order valence-electron chi connectivity index (χ1n) is 10.6. The predicted octanol–water partition coefficient (Wildman–Crippen LogP) is 6.78. The van der Waals surface area contributed by atoms with Gasteiger partial charge in [0.25, 0.3) is 0 Å². The van der Waals surface area contributed by atoms with E-state index in [2.05, 4.69) is 36.4 Å². The van der Waals surface area contributed by atoms with Gasteiger partial charge in [0.05, 0.1) is 11.4 Å². The van der Waals surface area contributed by atoms with Gasteiger partial charge in [-0.15, -0.1) is 11.8 Å². The molecule has 30 heavy (non-hydrogen) atoms. The molecule has 0 amide bonds. The van der Waals surface area contributed by atoms with Crippen molar-refractivity contribution < 1.29 is 15.0 Å². The number of hydrogen-bond acceptors (Lipinski definition) is 3. The Hall–Kier alpha value is -1.75. The molecule has 2 rings (SSSR count). The zero-order valence-corrected chi connectivity index (χ0v) is 18.8. The zero-order chi connectivity index (χ0) is 21.6. The summed E-state index contributed by atoms with van der Waals surface area (Å²) in [5, 5.41) is 20.0. The molecule has 0 fully saturated rings. The molecule has 162 valence electrons. The van der Waals surface area contributed by atoms with Gasteiger partial charge in [-0.05, 0) is 68.4 Å². The summed E-state index contributed by atoms with van der Waals surface area (Å²) in [5.74, 6) is -0.824. The van der Waals surface area contributed by atoms with E-state index in [1.807, 2.05) is 30.3 Å². The molecule has 2 aromatic carbocycles. The van der Waals surface area contributed by atoms with Crippen LogP contribution in [0.2, 0.25) is 5.02 Å². The molecule has 3 nitrogen and oxygen atoms in total. The summed E-state index contributed by atoms with van der Waals surface area (Å²) in [5.41, 5.74) is 1.39. The minimum Gasteiger partial charge on any atom is -0.481 e. The topological polar surface area (TPSA) is 57.5 Å². The van der Waals surface area contributed by atoms with E-state index in [-0.39, 0.29) is 11.7 Å². The third-order valence-electron chi connectivity index (χ3n) is 4.86. The van der Waals surface area contributed by atoms with Crippen molar-refractivity contribution in [3.63, 3.8) is 0 Å². The van der Waals surface area contributed by atoms with Crippen LogP contribution in [-0.4, -0.2) is 27.5 Å². The van der Waals surface area contributed by atoms with Gasteiger partial charge in [-0.25, -0.2) is 0 Å². The number of aliphatic hydroxyl groups excluding tert-OH is 1. The van der Waals surface area contributed by atoms with Crippen molar-refractivity contribution in [3.8, 4) is 0 Å². The molecule has 0 bridgehead atoms. The Labute approximate surface area is 189 Å². The monoisotopic (exact) mass is 446 g/mol. The normalized spacial score (nSPS) is 13.4. The number of rotatable bonds is 14.